The summed E-state index contributed by atoms with van der Waals surface area (Å²) in [6.45, 7) is 5.81. The minimum absolute atomic E-state index is 0.157. The van der Waals surface area contributed by atoms with E-state index in [0.717, 1.165) is 4.47 Å². The molecule has 0 saturated carbocycles. The summed E-state index contributed by atoms with van der Waals surface area (Å²) in [6.07, 6.45) is 0. The molecule has 1 N–H and O–H groups in total. The smallest absolute Gasteiger partial charge is 0.175 e. The van der Waals surface area contributed by atoms with Gasteiger partial charge in [0.25, 0.3) is 0 Å². The maximum absolute atomic E-state index is 9.50. The highest BCUT2D eigenvalue weighted by Crippen LogP contribution is 2.36. The molecule has 13 heavy (non-hydrogen) atoms. The monoisotopic (exact) mass is 244 g/mol. The van der Waals surface area contributed by atoms with Gasteiger partial charge in [0.2, 0.25) is 0 Å². The van der Waals surface area contributed by atoms with Gasteiger partial charge in [-0.1, -0.05) is 6.07 Å². The highest BCUT2D eigenvalue weighted by molar-refractivity contribution is 9.10. The lowest BCUT2D eigenvalue weighted by Crippen LogP contribution is -2.23. The Hall–Kier alpha value is -0.700. The molecule has 0 fully saturated rings. The maximum atomic E-state index is 9.50. The fraction of sp³-hybridized carbons (Fsp3) is 0.400. The van der Waals surface area contributed by atoms with Crippen molar-refractivity contribution in [1.29, 1.82) is 0 Å². The van der Waals surface area contributed by atoms with E-state index < -0.39 is 0 Å². The maximum Gasteiger partial charge on any atom is 0.175 e. The number of ether oxygens (including phenoxy) is 1. The molecule has 0 bridgehead atoms. The van der Waals surface area contributed by atoms with Gasteiger partial charge in [0.1, 0.15) is 5.60 Å². The fourth-order valence-electron chi connectivity index (χ4n) is 0.905. The van der Waals surface area contributed by atoms with Crippen LogP contribution in [-0.4, -0.2) is 10.7 Å². The number of phenolic OH excluding ortho intramolecular Hbond substituents is 1. The van der Waals surface area contributed by atoms with Crippen LogP contribution in [0, 0.1) is 0 Å². The number of hydrogen-bond acceptors (Lipinski definition) is 2. The molecule has 0 aromatic heterocycles. The van der Waals surface area contributed by atoms with E-state index in [1.807, 2.05) is 26.8 Å². The number of rotatable bonds is 1. The Morgan fingerprint density at radius 1 is 1.31 bits per heavy atom. The molecule has 0 unspecified atom stereocenters. The van der Waals surface area contributed by atoms with E-state index in [4.69, 9.17) is 4.74 Å². The van der Waals surface area contributed by atoms with Crippen LogP contribution in [-0.2, 0) is 0 Å². The number of benzene rings is 1. The number of aromatic hydroxyl groups is 1. The first-order valence-electron chi connectivity index (χ1n) is 4.06. The van der Waals surface area contributed by atoms with Crippen LogP contribution in [0.25, 0.3) is 0 Å². The van der Waals surface area contributed by atoms with Crippen LogP contribution in [0.4, 0.5) is 0 Å². The molecule has 0 atom stereocenters. The van der Waals surface area contributed by atoms with Gasteiger partial charge in [0.15, 0.2) is 11.5 Å². The normalized spacial score (nSPS) is 11.4. The fourth-order valence-corrected chi connectivity index (χ4v) is 1.34. The number of hydrogen-bond donors (Lipinski definition) is 1. The second kappa shape index (κ2) is 3.58. The molecule has 0 saturated heterocycles. The molecule has 3 heteroatoms. The summed E-state index contributed by atoms with van der Waals surface area (Å²) >= 11 is 3.31. The standard InChI is InChI=1S/C10H13BrO2/c1-10(2,3)13-9-7(11)5-4-6-8(9)12/h4-6,12H,1-3H3. The van der Waals surface area contributed by atoms with Crippen LogP contribution in [0.15, 0.2) is 22.7 Å². The van der Waals surface area contributed by atoms with Crippen molar-refractivity contribution < 1.29 is 9.84 Å². The lowest BCUT2D eigenvalue weighted by atomic mass is 10.2. The van der Waals surface area contributed by atoms with E-state index in [-0.39, 0.29) is 11.4 Å². The summed E-state index contributed by atoms with van der Waals surface area (Å²) in [6, 6.07) is 5.20. The molecule has 0 aliphatic carbocycles. The van der Waals surface area contributed by atoms with Crippen molar-refractivity contribution >= 4 is 15.9 Å². The minimum Gasteiger partial charge on any atom is -0.504 e. The lowest BCUT2D eigenvalue weighted by Gasteiger charge is -2.22. The zero-order valence-corrected chi connectivity index (χ0v) is 9.55. The van der Waals surface area contributed by atoms with Gasteiger partial charge in [-0.3, -0.25) is 0 Å². The first-order chi connectivity index (χ1) is 5.90. The first kappa shape index (κ1) is 10.4. The average molecular weight is 245 g/mol. The molecule has 0 amide bonds. The minimum atomic E-state index is -0.304. The van der Waals surface area contributed by atoms with Gasteiger partial charge in [-0.2, -0.15) is 0 Å². The molecular weight excluding hydrogens is 232 g/mol. The Kier molecular flexibility index (Phi) is 2.86. The molecule has 0 spiro atoms. The van der Waals surface area contributed by atoms with Crippen molar-refractivity contribution in [3.63, 3.8) is 0 Å². The molecule has 1 aromatic carbocycles. The van der Waals surface area contributed by atoms with Crippen LogP contribution in [0.5, 0.6) is 11.5 Å². The Labute approximate surface area is 86.7 Å². The topological polar surface area (TPSA) is 29.5 Å². The molecule has 1 rings (SSSR count). The Balaban J connectivity index is 3.00. The van der Waals surface area contributed by atoms with Crippen LogP contribution < -0.4 is 4.74 Å². The molecule has 0 heterocycles. The molecule has 1 aromatic rings. The highest BCUT2D eigenvalue weighted by atomic mass is 79.9. The van der Waals surface area contributed by atoms with Gasteiger partial charge in [-0.05, 0) is 48.8 Å². The van der Waals surface area contributed by atoms with Crippen LogP contribution in [0.2, 0.25) is 0 Å². The number of para-hydroxylation sites is 1. The Morgan fingerprint density at radius 3 is 2.38 bits per heavy atom. The van der Waals surface area contributed by atoms with Gasteiger partial charge in [0, 0.05) is 0 Å². The zero-order valence-electron chi connectivity index (χ0n) is 7.97. The SMILES string of the molecule is CC(C)(C)Oc1c(O)cccc1Br. The second-order valence-corrected chi connectivity index (χ2v) is 4.66. The van der Waals surface area contributed by atoms with Gasteiger partial charge in [-0.25, -0.2) is 0 Å². The van der Waals surface area contributed by atoms with E-state index in [1.165, 1.54) is 0 Å². The molecule has 72 valence electrons. The summed E-state index contributed by atoms with van der Waals surface area (Å²) in [5.41, 5.74) is -0.304. The van der Waals surface area contributed by atoms with Crippen LogP contribution >= 0.6 is 15.9 Å². The summed E-state index contributed by atoms with van der Waals surface area (Å²) in [5.74, 6) is 0.652. The predicted molar refractivity (Wildman–Crippen MR) is 56.2 cm³/mol. The van der Waals surface area contributed by atoms with Crippen LogP contribution in [0.1, 0.15) is 20.8 Å². The van der Waals surface area contributed by atoms with Crippen LogP contribution in [0.3, 0.4) is 0 Å². The summed E-state index contributed by atoms with van der Waals surface area (Å²) < 4.78 is 6.33. The van der Waals surface area contributed by atoms with Crippen molar-refractivity contribution in [2.24, 2.45) is 0 Å². The van der Waals surface area contributed by atoms with Crippen molar-refractivity contribution in [1.82, 2.24) is 0 Å². The van der Waals surface area contributed by atoms with Gasteiger partial charge < -0.3 is 9.84 Å². The molecule has 2 nitrogen and oxygen atoms in total. The van der Waals surface area contributed by atoms with Crippen molar-refractivity contribution in [2.75, 3.05) is 0 Å². The first-order valence-corrected chi connectivity index (χ1v) is 4.86. The lowest BCUT2D eigenvalue weighted by molar-refractivity contribution is 0.124. The summed E-state index contributed by atoms with van der Waals surface area (Å²) in [7, 11) is 0. The third-order valence-corrected chi connectivity index (χ3v) is 1.98. The van der Waals surface area contributed by atoms with Crippen molar-refractivity contribution in [3.05, 3.63) is 22.7 Å². The molecule has 0 aliphatic heterocycles. The van der Waals surface area contributed by atoms with Gasteiger partial charge >= 0.3 is 0 Å². The van der Waals surface area contributed by atoms with E-state index in [0.29, 0.717) is 5.75 Å². The van der Waals surface area contributed by atoms with E-state index in [9.17, 15) is 5.11 Å². The molecule has 0 aliphatic rings. The van der Waals surface area contributed by atoms with Crippen molar-refractivity contribution in [3.8, 4) is 11.5 Å². The van der Waals surface area contributed by atoms with E-state index >= 15 is 0 Å². The largest absolute Gasteiger partial charge is 0.504 e. The highest BCUT2D eigenvalue weighted by Gasteiger charge is 2.16. The third kappa shape index (κ3) is 2.92. The number of halogens is 1. The Morgan fingerprint density at radius 2 is 1.92 bits per heavy atom. The quantitative estimate of drug-likeness (QED) is 0.822. The third-order valence-electron chi connectivity index (χ3n) is 1.35. The van der Waals surface area contributed by atoms with E-state index in [2.05, 4.69) is 15.9 Å². The molecular formula is C10H13BrO2. The summed E-state index contributed by atoms with van der Waals surface area (Å²) in [4.78, 5) is 0. The van der Waals surface area contributed by atoms with Crippen molar-refractivity contribution in [2.45, 2.75) is 26.4 Å². The predicted octanol–water partition coefficient (Wildman–Crippen LogP) is 3.33. The summed E-state index contributed by atoms with van der Waals surface area (Å²) in [5, 5.41) is 9.50. The molecule has 0 radical (unpaired) electrons. The van der Waals surface area contributed by atoms with E-state index in [1.54, 1.807) is 12.1 Å². The Bertz CT molecular complexity index is 282. The number of phenols is 1. The second-order valence-electron chi connectivity index (χ2n) is 3.80. The average Bonchev–Trinajstić information content (AvgIpc) is 1.95. The van der Waals surface area contributed by atoms with Gasteiger partial charge in [0.05, 0.1) is 4.47 Å². The van der Waals surface area contributed by atoms with Gasteiger partial charge in [-0.15, -0.1) is 0 Å². The zero-order chi connectivity index (χ0) is 10.1.